The quantitative estimate of drug-likeness (QED) is 0.647. The molecule has 1 N–H and O–H groups in total. The highest BCUT2D eigenvalue weighted by Crippen LogP contribution is 2.26. The fourth-order valence-corrected chi connectivity index (χ4v) is 3.37. The van der Waals surface area contributed by atoms with E-state index < -0.39 is 4.92 Å². The second kappa shape index (κ2) is 7.56. The predicted octanol–water partition coefficient (Wildman–Crippen LogP) is 4.53. The van der Waals surface area contributed by atoms with Gasteiger partial charge in [-0.1, -0.05) is 6.07 Å². The van der Waals surface area contributed by atoms with E-state index in [9.17, 15) is 14.9 Å². The third-order valence-electron chi connectivity index (χ3n) is 4.93. The van der Waals surface area contributed by atoms with Gasteiger partial charge in [0.15, 0.2) is 0 Å². The summed E-state index contributed by atoms with van der Waals surface area (Å²) in [5.74, 6) is -0.354. The van der Waals surface area contributed by atoms with Crippen LogP contribution in [0, 0.1) is 17.0 Å². The highest BCUT2D eigenvalue weighted by Gasteiger charge is 2.19. The van der Waals surface area contributed by atoms with E-state index in [-0.39, 0.29) is 17.2 Å². The van der Waals surface area contributed by atoms with Crippen molar-refractivity contribution in [3.63, 3.8) is 0 Å². The van der Waals surface area contributed by atoms with Crippen LogP contribution in [-0.4, -0.2) is 23.4 Å². The Balaban J connectivity index is 1.72. The number of nitrogens with zero attached hydrogens (tertiary/aromatic N) is 2. The van der Waals surface area contributed by atoms with Crippen LogP contribution >= 0.6 is 0 Å². The number of carbonyl (C=O) groups is 1. The predicted molar refractivity (Wildman–Crippen MR) is 103 cm³/mol. The first-order chi connectivity index (χ1) is 12.5. The van der Waals surface area contributed by atoms with E-state index in [1.165, 1.54) is 25.3 Å². The summed E-state index contributed by atoms with van der Waals surface area (Å²) in [6.07, 6.45) is 3.67. The Kier molecular flexibility index (Phi) is 5.21. The Morgan fingerprint density at radius 1 is 1.19 bits per heavy atom. The molecule has 6 nitrogen and oxygen atoms in total. The first-order valence-corrected chi connectivity index (χ1v) is 8.89. The second-order valence-electron chi connectivity index (χ2n) is 6.80. The zero-order valence-electron chi connectivity index (χ0n) is 15.1. The van der Waals surface area contributed by atoms with Crippen molar-refractivity contribution in [2.24, 2.45) is 0 Å². The van der Waals surface area contributed by atoms with E-state index in [1.807, 2.05) is 24.3 Å². The minimum atomic E-state index is -0.472. The number of carbonyl (C=O) groups excluding carboxylic acids is 1. The number of benzene rings is 2. The topological polar surface area (TPSA) is 75.5 Å². The van der Waals surface area contributed by atoms with Crippen molar-refractivity contribution in [2.75, 3.05) is 16.8 Å². The molecule has 0 saturated carbocycles. The van der Waals surface area contributed by atoms with Gasteiger partial charge in [-0.05, 0) is 63.4 Å². The summed E-state index contributed by atoms with van der Waals surface area (Å²) in [6.45, 7) is 4.94. The number of piperidine rings is 1. The van der Waals surface area contributed by atoms with Crippen LogP contribution in [0.2, 0.25) is 0 Å². The van der Waals surface area contributed by atoms with Gasteiger partial charge in [-0.2, -0.15) is 0 Å². The molecule has 1 aliphatic rings. The van der Waals surface area contributed by atoms with E-state index in [1.54, 1.807) is 19.1 Å². The van der Waals surface area contributed by atoms with Gasteiger partial charge in [0.2, 0.25) is 0 Å². The van der Waals surface area contributed by atoms with Gasteiger partial charge in [0.25, 0.3) is 11.6 Å². The van der Waals surface area contributed by atoms with Gasteiger partial charge in [0.05, 0.1) is 4.92 Å². The number of nitro groups is 1. The number of nitrogens with one attached hydrogen (secondary N) is 1. The molecule has 0 radical (unpaired) electrons. The molecule has 2 aromatic rings. The lowest BCUT2D eigenvalue weighted by Gasteiger charge is -2.35. The largest absolute Gasteiger partial charge is 0.369 e. The Bertz CT molecular complexity index is 818. The Morgan fingerprint density at radius 3 is 2.58 bits per heavy atom. The molecule has 3 rings (SSSR count). The van der Waals surface area contributed by atoms with Crippen molar-refractivity contribution in [3.05, 3.63) is 63.7 Å². The Hall–Kier alpha value is -2.89. The molecular weight excluding hydrogens is 330 g/mol. The molecule has 136 valence electrons. The first kappa shape index (κ1) is 17.9. The fraction of sp³-hybridized carbons (Fsp3) is 0.350. The van der Waals surface area contributed by atoms with E-state index in [0.717, 1.165) is 12.2 Å². The molecule has 6 heteroatoms. The average molecular weight is 353 g/mol. The molecule has 1 atom stereocenters. The fourth-order valence-electron chi connectivity index (χ4n) is 3.37. The average Bonchev–Trinajstić information content (AvgIpc) is 2.63. The maximum Gasteiger partial charge on any atom is 0.273 e. The van der Waals surface area contributed by atoms with Gasteiger partial charge < -0.3 is 10.2 Å². The molecule has 1 fully saturated rings. The van der Waals surface area contributed by atoms with Gasteiger partial charge in [0.1, 0.15) is 0 Å². The molecule has 1 amide bonds. The molecule has 0 aromatic heterocycles. The van der Waals surface area contributed by atoms with Crippen LogP contribution in [-0.2, 0) is 0 Å². The summed E-state index contributed by atoms with van der Waals surface area (Å²) in [6, 6.07) is 12.8. The van der Waals surface area contributed by atoms with Crippen LogP contribution in [0.25, 0.3) is 0 Å². The molecule has 0 aliphatic carbocycles. The van der Waals surface area contributed by atoms with E-state index in [2.05, 4.69) is 17.1 Å². The summed E-state index contributed by atoms with van der Waals surface area (Å²) in [5.41, 5.74) is 2.59. The monoisotopic (exact) mass is 353 g/mol. The molecule has 1 heterocycles. The normalized spacial score (nSPS) is 17.0. The van der Waals surface area contributed by atoms with Gasteiger partial charge in [-0.3, -0.25) is 14.9 Å². The number of aryl methyl sites for hydroxylation is 1. The smallest absolute Gasteiger partial charge is 0.273 e. The zero-order chi connectivity index (χ0) is 18.7. The van der Waals surface area contributed by atoms with E-state index >= 15 is 0 Å². The van der Waals surface area contributed by atoms with Crippen LogP contribution in [0.15, 0.2) is 42.5 Å². The summed E-state index contributed by atoms with van der Waals surface area (Å²) < 4.78 is 0. The molecule has 1 aliphatic heterocycles. The van der Waals surface area contributed by atoms with Gasteiger partial charge in [0, 0.05) is 41.2 Å². The highest BCUT2D eigenvalue weighted by molar-refractivity contribution is 6.04. The molecule has 1 saturated heterocycles. The van der Waals surface area contributed by atoms with Crippen LogP contribution in [0.5, 0.6) is 0 Å². The lowest BCUT2D eigenvalue weighted by atomic mass is 10.0. The minimum absolute atomic E-state index is 0.0490. The number of nitro benzene ring substituents is 1. The summed E-state index contributed by atoms with van der Waals surface area (Å²) in [7, 11) is 0. The maximum absolute atomic E-state index is 12.4. The Labute approximate surface area is 153 Å². The zero-order valence-corrected chi connectivity index (χ0v) is 15.1. The minimum Gasteiger partial charge on any atom is -0.369 e. The number of amides is 1. The standard InChI is InChI=1S/C20H23N3O3/c1-14-6-7-16(13-19(14)23(25)26)20(24)21-17-8-10-18(11-9-17)22-12-4-3-5-15(22)2/h6-11,13,15H,3-5,12H2,1-2H3,(H,21,24)/t15-/m1/s1. The summed E-state index contributed by atoms with van der Waals surface area (Å²) >= 11 is 0. The van der Waals surface area contributed by atoms with Crippen LogP contribution in [0.1, 0.15) is 42.1 Å². The van der Waals surface area contributed by atoms with Crippen molar-refractivity contribution >= 4 is 23.0 Å². The molecule has 2 aromatic carbocycles. The number of hydrogen-bond donors (Lipinski definition) is 1. The third kappa shape index (κ3) is 3.85. The lowest BCUT2D eigenvalue weighted by molar-refractivity contribution is -0.385. The lowest BCUT2D eigenvalue weighted by Crippen LogP contribution is -2.37. The maximum atomic E-state index is 12.4. The van der Waals surface area contributed by atoms with Gasteiger partial charge >= 0.3 is 0 Å². The van der Waals surface area contributed by atoms with Crippen molar-refractivity contribution in [1.29, 1.82) is 0 Å². The van der Waals surface area contributed by atoms with Crippen molar-refractivity contribution in [2.45, 2.75) is 39.2 Å². The molecular formula is C20H23N3O3. The number of rotatable bonds is 4. The Morgan fingerprint density at radius 2 is 1.92 bits per heavy atom. The SMILES string of the molecule is Cc1ccc(C(=O)Nc2ccc(N3CCCC[C@H]3C)cc2)cc1[N+](=O)[O-]. The van der Waals surface area contributed by atoms with Crippen molar-refractivity contribution in [1.82, 2.24) is 0 Å². The summed E-state index contributed by atoms with van der Waals surface area (Å²) in [4.78, 5) is 25.3. The molecule has 0 spiro atoms. The van der Waals surface area contributed by atoms with Crippen LogP contribution < -0.4 is 10.2 Å². The first-order valence-electron chi connectivity index (χ1n) is 8.89. The van der Waals surface area contributed by atoms with E-state index in [0.29, 0.717) is 17.3 Å². The van der Waals surface area contributed by atoms with Gasteiger partial charge in [-0.15, -0.1) is 0 Å². The second-order valence-corrected chi connectivity index (χ2v) is 6.80. The van der Waals surface area contributed by atoms with Crippen LogP contribution in [0.3, 0.4) is 0 Å². The number of anilines is 2. The third-order valence-corrected chi connectivity index (χ3v) is 4.93. The molecule has 0 unspecified atom stereocenters. The van der Waals surface area contributed by atoms with Crippen LogP contribution in [0.4, 0.5) is 17.1 Å². The molecule has 0 bridgehead atoms. The van der Waals surface area contributed by atoms with Crippen molar-refractivity contribution < 1.29 is 9.72 Å². The highest BCUT2D eigenvalue weighted by atomic mass is 16.6. The van der Waals surface area contributed by atoms with Gasteiger partial charge in [-0.25, -0.2) is 0 Å². The van der Waals surface area contributed by atoms with Crippen molar-refractivity contribution in [3.8, 4) is 0 Å². The summed E-state index contributed by atoms with van der Waals surface area (Å²) in [5, 5.41) is 13.8. The number of hydrogen-bond acceptors (Lipinski definition) is 4. The van der Waals surface area contributed by atoms with E-state index in [4.69, 9.17) is 0 Å². The molecule has 26 heavy (non-hydrogen) atoms.